The molecule has 106 valence electrons. The number of rotatable bonds is 3. The molecule has 0 saturated heterocycles. The molecular formula is C16H11BrNNaO3. The molecule has 0 aliphatic carbocycles. The summed E-state index contributed by atoms with van der Waals surface area (Å²) in [6, 6.07) is 12.8. The van der Waals surface area contributed by atoms with Crippen molar-refractivity contribution in [2.75, 3.05) is 0 Å². The van der Waals surface area contributed by atoms with E-state index in [2.05, 4.69) is 20.9 Å². The maximum Gasteiger partial charge on any atom is 1.00 e. The number of fused-ring (bicyclic) bond motifs is 1. The van der Waals surface area contributed by atoms with Crippen molar-refractivity contribution >= 4 is 33.0 Å². The Balaban J connectivity index is 0.00000176. The van der Waals surface area contributed by atoms with Gasteiger partial charge in [-0.2, -0.15) is 0 Å². The molecule has 4 nitrogen and oxygen atoms in total. The normalized spacial score (nSPS) is 11.9. The van der Waals surface area contributed by atoms with E-state index in [1.165, 1.54) is 0 Å². The van der Waals surface area contributed by atoms with Crippen LogP contribution in [-0.4, -0.2) is 11.0 Å². The second kappa shape index (κ2) is 6.96. The predicted octanol–water partition coefficient (Wildman–Crippen LogP) is 0.115. The van der Waals surface area contributed by atoms with Gasteiger partial charge in [-0.25, -0.2) is 4.98 Å². The third-order valence-electron chi connectivity index (χ3n) is 3.36. The van der Waals surface area contributed by atoms with Crippen molar-refractivity contribution in [2.24, 2.45) is 0 Å². The van der Waals surface area contributed by atoms with Crippen LogP contribution in [0.25, 0.3) is 22.6 Å². The zero-order valence-corrected chi connectivity index (χ0v) is 15.8. The van der Waals surface area contributed by atoms with Gasteiger partial charge >= 0.3 is 29.6 Å². The summed E-state index contributed by atoms with van der Waals surface area (Å²) >= 11 is 3.38. The molecule has 0 saturated carbocycles. The number of halogens is 1. The average molecular weight is 368 g/mol. The number of carboxylic acid groups (broad SMARTS) is 1. The van der Waals surface area contributed by atoms with Gasteiger partial charge in [-0.3, -0.25) is 0 Å². The summed E-state index contributed by atoms with van der Waals surface area (Å²) in [6.07, 6.45) is 0. The number of benzene rings is 2. The monoisotopic (exact) mass is 367 g/mol. The first kappa shape index (κ1) is 17.2. The Morgan fingerprint density at radius 3 is 2.55 bits per heavy atom. The number of aromatic nitrogens is 1. The van der Waals surface area contributed by atoms with Gasteiger partial charge in [0.15, 0.2) is 5.58 Å². The molecule has 1 unspecified atom stereocenters. The molecule has 0 N–H and O–H groups in total. The number of aliphatic carboxylic acids is 1. The summed E-state index contributed by atoms with van der Waals surface area (Å²) in [5.74, 6) is -1.27. The van der Waals surface area contributed by atoms with Gasteiger partial charge in [-0.05, 0) is 42.0 Å². The van der Waals surface area contributed by atoms with Crippen molar-refractivity contribution in [2.45, 2.75) is 12.8 Å². The van der Waals surface area contributed by atoms with Gasteiger partial charge in [0.2, 0.25) is 5.89 Å². The van der Waals surface area contributed by atoms with Gasteiger partial charge in [0, 0.05) is 21.9 Å². The minimum Gasteiger partial charge on any atom is -0.550 e. The Bertz CT molecular complexity index is 814. The second-order valence-corrected chi connectivity index (χ2v) is 5.71. The standard InChI is InChI=1S/C16H12BrNO3.Na/c1-9(16(19)20)11-4-7-14-13(8-11)18-15(21-14)10-2-5-12(17)6-3-10;/h2-9H,1H3,(H,19,20);/q;+1/p-1. The smallest absolute Gasteiger partial charge is 0.550 e. The van der Waals surface area contributed by atoms with Crippen molar-refractivity contribution in [3.8, 4) is 11.5 Å². The summed E-state index contributed by atoms with van der Waals surface area (Å²) < 4.78 is 6.68. The minimum absolute atomic E-state index is 0. The number of hydrogen-bond acceptors (Lipinski definition) is 4. The molecule has 3 rings (SSSR count). The van der Waals surface area contributed by atoms with Crippen LogP contribution in [-0.2, 0) is 4.79 Å². The van der Waals surface area contributed by atoms with Crippen LogP contribution in [0, 0.1) is 0 Å². The molecular weight excluding hydrogens is 357 g/mol. The maximum absolute atomic E-state index is 10.9. The van der Waals surface area contributed by atoms with E-state index in [1.807, 2.05) is 24.3 Å². The fourth-order valence-corrected chi connectivity index (χ4v) is 2.33. The Kier molecular flexibility index (Phi) is 5.45. The number of carboxylic acids is 1. The number of nitrogens with zero attached hydrogens (tertiary/aromatic N) is 1. The van der Waals surface area contributed by atoms with Crippen LogP contribution in [0.15, 0.2) is 51.4 Å². The van der Waals surface area contributed by atoms with E-state index in [-0.39, 0.29) is 29.6 Å². The molecule has 3 aromatic rings. The number of carbonyl (C=O) groups excluding carboxylic acids is 1. The summed E-state index contributed by atoms with van der Waals surface area (Å²) in [4.78, 5) is 15.4. The quantitative estimate of drug-likeness (QED) is 0.616. The molecule has 0 aliphatic rings. The molecule has 0 aliphatic heterocycles. The first-order valence-electron chi connectivity index (χ1n) is 6.42. The fourth-order valence-electron chi connectivity index (χ4n) is 2.07. The van der Waals surface area contributed by atoms with Crippen molar-refractivity contribution in [3.63, 3.8) is 0 Å². The summed E-state index contributed by atoms with van der Waals surface area (Å²) in [7, 11) is 0. The topological polar surface area (TPSA) is 66.2 Å². The van der Waals surface area contributed by atoms with Crippen LogP contribution >= 0.6 is 15.9 Å². The zero-order valence-electron chi connectivity index (χ0n) is 12.2. The molecule has 0 spiro atoms. The Labute approximate surface area is 158 Å². The Morgan fingerprint density at radius 2 is 1.91 bits per heavy atom. The van der Waals surface area contributed by atoms with Crippen molar-refractivity contribution in [1.82, 2.24) is 4.98 Å². The number of hydrogen-bond donors (Lipinski definition) is 0. The first-order chi connectivity index (χ1) is 10.0. The van der Waals surface area contributed by atoms with Crippen molar-refractivity contribution < 1.29 is 43.9 Å². The van der Waals surface area contributed by atoms with E-state index in [0.29, 0.717) is 22.6 Å². The molecule has 1 heterocycles. The third kappa shape index (κ3) is 3.43. The zero-order chi connectivity index (χ0) is 15.0. The Morgan fingerprint density at radius 1 is 1.23 bits per heavy atom. The molecule has 6 heteroatoms. The van der Waals surface area contributed by atoms with E-state index in [4.69, 9.17) is 4.42 Å². The van der Waals surface area contributed by atoms with Gasteiger partial charge in [0.25, 0.3) is 0 Å². The van der Waals surface area contributed by atoms with Crippen molar-refractivity contribution in [3.05, 3.63) is 52.5 Å². The number of carbonyl (C=O) groups is 1. The first-order valence-corrected chi connectivity index (χ1v) is 7.21. The van der Waals surface area contributed by atoms with Gasteiger partial charge < -0.3 is 14.3 Å². The van der Waals surface area contributed by atoms with Gasteiger partial charge in [-0.1, -0.05) is 28.9 Å². The second-order valence-electron chi connectivity index (χ2n) is 4.79. The maximum atomic E-state index is 10.9. The van der Waals surface area contributed by atoms with E-state index in [0.717, 1.165) is 10.0 Å². The molecule has 22 heavy (non-hydrogen) atoms. The fraction of sp³-hybridized carbons (Fsp3) is 0.125. The van der Waals surface area contributed by atoms with E-state index >= 15 is 0 Å². The molecule has 0 fully saturated rings. The average Bonchev–Trinajstić information content (AvgIpc) is 2.89. The molecule has 1 aromatic heterocycles. The van der Waals surface area contributed by atoms with Crippen LogP contribution in [0.3, 0.4) is 0 Å². The van der Waals surface area contributed by atoms with Crippen LogP contribution in [0.5, 0.6) is 0 Å². The third-order valence-corrected chi connectivity index (χ3v) is 3.89. The summed E-state index contributed by atoms with van der Waals surface area (Å²) in [5, 5.41) is 10.9. The SMILES string of the molecule is CC(C(=O)[O-])c1ccc2oc(-c3ccc(Br)cc3)nc2c1.[Na+]. The molecule has 0 radical (unpaired) electrons. The largest absolute Gasteiger partial charge is 1.00 e. The summed E-state index contributed by atoms with van der Waals surface area (Å²) in [6.45, 7) is 1.59. The molecule has 2 aromatic carbocycles. The molecule has 0 bridgehead atoms. The molecule has 1 atom stereocenters. The van der Waals surface area contributed by atoms with Crippen LogP contribution in [0.4, 0.5) is 0 Å². The Hall–Kier alpha value is -1.14. The van der Waals surface area contributed by atoms with Crippen LogP contribution in [0.1, 0.15) is 18.4 Å². The van der Waals surface area contributed by atoms with E-state index in [1.54, 1.807) is 25.1 Å². The van der Waals surface area contributed by atoms with Gasteiger partial charge in [0.1, 0.15) is 5.52 Å². The predicted molar refractivity (Wildman–Crippen MR) is 80.6 cm³/mol. The van der Waals surface area contributed by atoms with Crippen molar-refractivity contribution in [1.29, 1.82) is 0 Å². The molecule has 0 amide bonds. The summed E-state index contributed by atoms with van der Waals surface area (Å²) in [5.41, 5.74) is 2.78. The van der Waals surface area contributed by atoms with Crippen LogP contribution < -0.4 is 34.7 Å². The van der Waals surface area contributed by atoms with E-state index < -0.39 is 11.9 Å². The van der Waals surface area contributed by atoms with Gasteiger partial charge in [0.05, 0.1) is 0 Å². The van der Waals surface area contributed by atoms with E-state index in [9.17, 15) is 9.90 Å². The number of oxazole rings is 1. The van der Waals surface area contributed by atoms with Crippen LogP contribution in [0.2, 0.25) is 0 Å². The minimum atomic E-state index is -1.11. The van der Waals surface area contributed by atoms with Gasteiger partial charge in [-0.15, -0.1) is 0 Å².